The van der Waals surface area contributed by atoms with Gasteiger partial charge in [-0.3, -0.25) is 0 Å². The summed E-state index contributed by atoms with van der Waals surface area (Å²) in [6, 6.07) is 6.15. The Hall–Kier alpha value is -1.02. The summed E-state index contributed by atoms with van der Waals surface area (Å²) in [5, 5.41) is 0. The lowest BCUT2D eigenvalue weighted by Gasteiger charge is -2.04. The first kappa shape index (κ1) is 11.0. The Balaban J connectivity index is 0.000000561. The second-order valence-electron chi connectivity index (χ2n) is 2.50. The van der Waals surface area contributed by atoms with Gasteiger partial charge in [0.25, 0.3) is 0 Å². The molecule has 2 heteroatoms. The van der Waals surface area contributed by atoms with E-state index in [2.05, 4.69) is 18.7 Å². The lowest BCUT2D eigenvalue weighted by Crippen LogP contribution is -1.94. The van der Waals surface area contributed by atoms with E-state index in [9.17, 15) is 0 Å². The van der Waals surface area contributed by atoms with E-state index in [1.165, 1.54) is 18.2 Å². The molecule has 1 rings (SSSR count). The Kier molecular flexibility index (Phi) is 5.13. The van der Waals surface area contributed by atoms with E-state index in [1.807, 2.05) is 19.1 Å². The quantitative estimate of drug-likeness (QED) is 0.624. The SMILES string of the molecule is CCc1cccc(C)c1N.CN. The number of nitrogens with two attached hydrogens (primary N) is 2. The molecule has 4 N–H and O–H groups in total. The van der Waals surface area contributed by atoms with E-state index in [1.54, 1.807) is 0 Å². The van der Waals surface area contributed by atoms with Crippen molar-refractivity contribution in [1.82, 2.24) is 0 Å². The van der Waals surface area contributed by atoms with Crippen molar-refractivity contribution in [2.75, 3.05) is 12.8 Å². The number of anilines is 1. The van der Waals surface area contributed by atoms with Crippen molar-refractivity contribution in [2.24, 2.45) is 5.73 Å². The van der Waals surface area contributed by atoms with E-state index in [4.69, 9.17) is 5.73 Å². The van der Waals surface area contributed by atoms with Gasteiger partial charge in [0, 0.05) is 5.69 Å². The van der Waals surface area contributed by atoms with Gasteiger partial charge in [0.1, 0.15) is 0 Å². The molecule has 68 valence electrons. The molecule has 1 aromatic carbocycles. The molecule has 0 bridgehead atoms. The van der Waals surface area contributed by atoms with Crippen molar-refractivity contribution in [2.45, 2.75) is 20.3 Å². The summed E-state index contributed by atoms with van der Waals surface area (Å²) in [5.74, 6) is 0. The fourth-order valence-electron chi connectivity index (χ4n) is 1.05. The van der Waals surface area contributed by atoms with Crippen molar-refractivity contribution in [1.29, 1.82) is 0 Å². The van der Waals surface area contributed by atoms with Crippen LogP contribution in [0.1, 0.15) is 18.1 Å². The second kappa shape index (κ2) is 5.61. The number of aryl methyl sites for hydroxylation is 2. The number of hydrogen-bond donors (Lipinski definition) is 2. The summed E-state index contributed by atoms with van der Waals surface area (Å²) >= 11 is 0. The lowest BCUT2D eigenvalue weighted by atomic mass is 10.1. The van der Waals surface area contributed by atoms with Crippen LogP contribution in [0.2, 0.25) is 0 Å². The first-order chi connectivity index (χ1) is 5.75. The Bertz CT molecular complexity index is 231. The molecular formula is C10H18N2. The molecule has 0 aromatic heterocycles. The normalized spacial score (nSPS) is 8.67. The first-order valence-electron chi connectivity index (χ1n) is 4.17. The monoisotopic (exact) mass is 166 g/mol. The zero-order valence-electron chi connectivity index (χ0n) is 8.09. The van der Waals surface area contributed by atoms with Gasteiger partial charge in [0.2, 0.25) is 0 Å². The second-order valence-corrected chi connectivity index (χ2v) is 2.50. The van der Waals surface area contributed by atoms with E-state index < -0.39 is 0 Å². The van der Waals surface area contributed by atoms with Crippen LogP contribution in [-0.2, 0) is 6.42 Å². The molecule has 0 radical (unpaired) electrons. The molecule has 2 nitrogen and oxygen atoms in total. The Labute approximate surface area is 74.6 Å². The van der Waals surface area contributed by atoms with Gasteiger partial charge >= 0.3 is 0 Å². The van der Waals surface area contributed by atoms with Crippen LogP contribution in [0, 0.1) is 6.92 Å². The molecule has 0 atom stereocenters. The molecule has 0 spiro atoms. The molecule has 0 aliphatic rings. The topological polar surface area (TPSA) is 52.0 Å². The van der Waals surface area contributed by atoms with Crippen LogP contribution in [0.3, 0.4) is 0 Å². The molecule has 0 saturated carbocycles. The minimum atomic E-state index is 0.949. The highest BCUT2D eigenvalue weighted by Crippen LogP contribution is 2.15. The molecule has 0 amide bonds. The van der Waals surface area contributed by atoms with Gasteiger partial charge in [-0.15, -0.1) is 0 Å². The molecule has 0 aliphatic heterocycles. The van der Waals surface area contributed by atoms with Crippen molar-refractivity contribution in [3.8, 4) is 0 Å². The Morgan fingerprint density at radius 3 is 2.25 bits per heavy atom. The third kappa shape index (κ3) is 2.55. The zero-order valence-corrected chi connectivity index (χ0v) is 8.09. The van der Waals surface area contributed by atoms with Crippen LogP contribution in [0.4, 0.5) is 5.69 Å². The van der Waals surface area contributed by atoms with Crippen LogP contribution >= 0.6 is 0 Å². The number of hydrogen-bond acceptors (Lipinski definition) is 2. The van der Waals surface area contributed by atoms with E-state index in [-0.39, 0.29) is 0 Å². The summed E-state index contributed by atoms with van der Waals surface area (Å²) in [4.78, 5) is 0. The summed E-state index contributed by atoms with van der Waals surface area (Å²) in [7, 11) is 1.50. The fourth-order valence-corrected chi connectivity index (χ4v) is 1.05. The van der Waals surface area contributed by atoms with E-state index in [0.29, 0.717) is 0 Å². The lowest BCUT2D eigenvalue weighted by molar-refractivity contribution is 1.14. The highest BCUT2D eigenvalue weighted by atomic mass is 14.6. The Morgan fingerprint density at radius 2 is 1.83 bits per heavy atom. The maximum absolute atomic E-state index is 5.79. The molecule has 12 heavy (non-hydrogen) atoms. The maximum Gasteiger partial charge on any atom is 0.0376 e. The van der Waals surface area contributed by atoms with Crippen molar-refractivity contribution in [3.05, 3.63) is 29.3 Å². The largest absolute Gasteiger partial charge is 0.398 e. The number of benzene rings is 1. The Morgan fingerprint density at radius 1 is 1.25 bits per heavy atom. The summed E-state index contributed by atoms with van der Waals surface area (Å²) in [5.41, 5.74) is 13.7. The third-order valence-electron chi connectivity index (χ3n) is 1.80. The van der Waals surface area contributed by atoms with Gasteiger partial charge < -0.3 is 11.5 Å². The maximum atomic E-state index is 5.79. The minimum absolute atomic E-state index is 0.949. The van der Waals surface area contributed by atoms with Crippen molar-refractivity contribution < 1.29 is 0 Å². The number of nitrogen functional groups attached to an aromatic ring is 1. The zero-order chi connectivity index (χ0) is 9.56. The van der Waals surface area contributed by atoms with Gasteiger partial charge in [-0.1, -0.05) is 25.1 Å². The van der Waals surface area contributed by atoms with Crippen LogP contribution in [0.5, 0.6) is 0 Å². The number of rotatable bonds is 1. The third-order valence-corrected chi connectivity index (χ3v) is 1.80. The minimum Gasteiger partial charge on any atom is -0.398 e. The number of para-hydroxylation sites is 1. The predicted octanol–water partition coefficient (Wildman–Crippen LogP) is 1.71. The first-order valence-corrected chi connectivity index (χ1v) is 4.17. The van der Waals surface area contributed by atoms with Crippen LogP contribution in [0.25, 0.3) is 0 Å². The average molecular weight is 166 g/mol. The van der Waals surface area contributed by atoms with Crippen molar-refractivity contribution in [3.63, 3.8) is 0 Å². The van der Waals surface area contributed by atoms with Gasteiger partial charge in [-0.2, -0.15) is 0 Å². The highest BCUT2D eigenvalue weighted by Gasteiger charge is 1.96. The molecule has 1 aromatic rings. The smallest absolute Gasteiger partial charge is 0.0376 e. The van der Waals surface area contributed by atoms with Gasteiger partial charge in [0.05, 0.1) is 0 Å². The van der Waals surface area contributed by atoms with Crippen LogP contribution < -0.4 is 11.5 Å². The fraction of sp³-hybridized carbons (Fsp3) is 0.400. The molecule has 0 unspecified atom stereocenters. The van der Waals surface area contributed by atoms with Crippen LogP contribution in [-0.4, -0.2) is 7.05 Å². The summed E-state index contributed by atoms with van der Waals surface area (Å²) < 4.78 is 0. The highest BCUT2D eigenvalue weighted by molar-refractivity contribution is 5.52. The standard InChI is InChI=1S/C9H13N.CH5N/c1-3-8-6-4-5-7(2)9(8)10;1-2/h4-6H,3,10H2,1-2H3;2H2,1H3. The molecule has 0 saturated heterocycles. The molecule has 0 fully saturated rings. The van der Waals surface area contributed by atoms with Crippen molar-refractivity contribution >= 4 is 5.69 Å². The van der Waals surface area contributed by atoms with E-state index >= 15 is 0 Å². The summed E-state index contributed by atoms with van der Waals surface area (Å²) in [6.45, 7) is 4.15. The van der Waals surface area contributed by atoms with Gasteiger partial charge in [-0.25, -0.2) is 0 Å². The van der Waals surface area contributed by atoms with Crippen LogP contribution in [0.15, 0.2) is 18.2 Å². The average Bonchev–Trinajstić information content (AvgIpc) is 2.13. The molecule has 0 heterocycles. The molecular weight excluding hydrogens is 148 g/mol. The van der Waals surface area contributed by atoms with E-state index in [0.717, 1.165) is 12.1 Å². The van der Waals surface area contributed by atoms with Gasteiger partial charge in [0.15, 0.2) is 0 Å². The van der Waals surface area contributed by atoms with Gasteiger partial charge in [-0.05, 0) is 31.5 Å². The molecule has 0 aliphatic carbocycles. The predicted molar refractivity (Wildman–Crippen MR) is 55.1 cm³/mol. The summed E-state index contributed by atoms with van der Waals surface area (Å²) in [6.07, 6.45) is 1.02.